The second kappa shape index (κ2) is 5.32. The van der Waals surface area contributed by atoms with E-state index in [-0.39, 0.29) is 0 Å². The van der Waals surface area contributed by atoms with E-state index < -0.39 is 10.8 Å². The monoisotopic (exact) mass is 318 g/mol. The van der Waals surface area contributed by atoms with Crippen LogP contribution in [0.2, 0.25) is 5.02 Å². The molecule has 0 aliphatic rings. The predicted octanol–water partition coefficient (Wildman–Crippen LogP) is 5.18. The Labute approximate surface area is 131 Å². The second-order valence-corrected chi connectivity index (χ2v) is 7.02. The van der Waals surface area contributed by atoms with Crippen LogP contribution >= 0.6 is 11.6 Å². The second-order valence-electron chi connectivity index (χ2n) is 5.16. The molecule has 1 heterocycles. The van der Waals surface area contributed by atoms with E-state index in [1.54, 1.807) is 24.3 Å². The van der Waals surface area contributed by atoms with E-state index in [2.05, 4.69) is 6.07 Å². The Hall–Kier alpha value is -1.58. The Kier molecular flexibility index (Phi) is 3.64. The number of halogens is 1. The summed E-state index contributed by atoms with van der Waals surface area (Å²) in [4.78, 5) is 1.48. The van der Waals surface area contributed by atoms with Crippen molar-refractivity contribution in [1.82, 2.24) is 0 Å². The van der Waals surface area contributed by atoms with Crippen molar-refractivity contribution in [2.75, 3.05) is 0 Å². The van der Waals surface area contributed by atoms with Gasteiger partial charge in [0, 0.05) is 15.3 Å². The number of fused-ring (bicyclic) bond motifs is 1. The van der Waals surface area contributed by atoms with Gasteiger partial charge in [0.2, 0.25) is 0 Å². The molecule has 0 bridgehead atoms. The third kappa shape index (κ3) is 2.52. The first-order valence-corrected chi connectivity index (χ1v) is 8.18. The van der Waals surface area contributed by atoms with E-state index >= 15 is 0 Å². The van der Waals surface area contributed by atoms with Gasteiger partial charge in [-0.05, 0) is 62.2 Å². The molecule has 21 heavy (non-hydrogen) atoms. The van der Waals surface area contributed by atoms with E-state index in [0.29, 0.717) is 10.8 Å². The van der Waals surface area contributed by atoms with E-state index in [9.17, 15) is 4.21 Å². The number of aryl methyl sites for hydroxylation is 3. The third-order valence-corrected chi connectivity index (χ3v) is 5.28. The molecule has 1 atom stereocenters. The molecule has 0 saturated heterocycles. The fourth-order valence-corrected chi connectivity index (χ4v) is 4.08. The summed E-state index contributed by atoms with van der Waals surface area (Å²) >= 11 is 5.89. The fraction of sp³-hybridized carbons (Fsp3) is 0.176. The maximum Gasteiger partial charge on any atom is 0.136 e. The van der Waals surface area contributed by atoms with Gasteiger partial charge in [0.1, 0.15) is 11.3 Å². The maximum atomic E-state index is 12.9. The smallest absolute Gasteiger partial charge is 0.136 e. The highest BCUT2D eigenvalue weighted by molar-refractivity contribution is 7.85. The molecule has 1 aromatic heterocycles. The number of hydrogen-bond donors (Lipinski definition) is 0. The Morgan fingerprint density at radius 3 is 2.38 bits per heavy atom. The number of rotatable bonds is 2. The first-order valence-electron chi connectivity index (χ1n) is 6.65. The zero-order chi connectivity index (χ0) is 15.1. The van der Waals surface area contributed by atoms with Crippen molar-refractivity contribution in [2.45, 2.75) is 30.6 Å². The minimum absolute atomic E-state index is 0.635. The van der Waals surface area contributed by atoms with Crippen LogP contribution in [0.3, 0.4) is 0 Å². The summed E-state index contributed by atoms with van der Waals surface area (Å²) in [6, 6.07) is 11.2. The van der Waals surface area contributed by atoms with Crippen LogP contribution < -0.4 is 0 Å². The Bertz CT molecular complexity index is 847. The van der Waals surface area contributed by atoms with Gasteiger partial charge in [0.05, 0.1) is 15.7 Å². The Balaban J connectivity index is 2.22. The molecule has 3 aromatic rings. The van der Waals surface area contributed by atoms with E-state index in [0.717, 1.165) is 31.9 Å². The molecule has 0 unspecified atom stereocenters. The number of benzene rings is 2. The zero-order valence-corrected chi connectivity index (χ0v) is 13.6. The van der Waals surface area contributed by atoms with Crippen molar-refractivity contribution >= 4 is 33.4 Å². The lowest BCUT2D eigenvalue weighted by molar-refractivity contribution is 0.566. The molecule has 2 nitrogen and oxygen atoms in total. The number of hydrogen-bond acceptors (Lipinski definition) is 2. The zero-order valence-electron chi connectivity index (χ0n) is 12.1. The van der Waals surface area contributed by atoms with Gasteiger partial charge in [-0.15, -0.1) is 0 Å². The molecule has 4 heteroatoms. The van der Waals surface area contributed by atoms with Crippen molar-refractivity contribution in [3.05, 3.63) is 58.3 Å². The van der Waals surface area contributed by atoms with Gasteiger partial charge in [-0.2, -0.15) is 0 Å². The molecule has 0 spiro atoms. The summed E-state index contributed by atoms with van der Waals surface area (Å²) in [5, 5.41) is 1.59. The van der Waals surface area contributed by atoms with Gasteiger partial charge in [0.25, 0.3) is 0 Å². The lowest BCUT2D eigenvalue weighted by atomic mass is 10.1. The van der Waals surface area contributed by atoms with Crippen LogP contribution in [0.25, 0.3) is 11.0 Å². The normalized spacial score (nSPS) is 12.8. The molecule has 0 radical (unpaired) electrons. The summed E-state index contributed by atoms with van der Waals surface area (Å²) in [5.74, 6) is 0.701. The summed E-state index contributed by atoms with van der Waals surface area (Å²) < 4.78 is 18.7. The van der Waals surface area contributed by atoms with Crippen molar-refractivity contribution in [3.8, 4) is 0 Å². The van der Waals surface area contributed by atoms with Gasteiger partial charge in [0.15, 0.2) is 0 Å². The van der Waals surface area contributed by atoms with E-state index in [1.165, 1.54) is 0 Å². The lowest BCUT2D eigenvalue weighted by Gasteiger charge is -2.04. The molecule has 0 aliphatic carbocycles. The van der Waals surface area contributed by atoms with Gasteiger partial charge >= 0.3 is 0 Å². The summed E-state index contributed by atoms with van der Waals surface area (Å²) in [7, 11) is -1.28. The van der Waals surface area contributed by atoms with E-state index in [1.807, 2.05) is 26.8 Å². The molecule has 0 fully saturated rings. The largest absolute Gasteiger partial charge is 0.460 e. The predicted molar refractivity (Wildman–Crippen MR) is 86.6 cm³/mol. The van der Waals surface area contributed by atoms with Gasteiger partial charge in [-0.1, -0.05) is 17.7 Å². The highest BCUT2D eigenvalue weighted by Crippen LogP contribution is 2.34. The van der Waals surface area contributed by atoms with Crippen LogP contribution in [0.4, 0.5) is 0 Å². The van der Waals surface area contributed by atoms with Crippen LogP contribution in [0.1, 0.15) is 16.9 Å². The first kappa shape index (κ1) is 14.4. The molecule has 0 N–H and O–H groups in total. The third-order valence-electron chi connectivity index (χ3n) is 3.47. The molecule has 0 aliphatic heterocycles. The van der Waals surface area contributed by atoms with Crippen LogP contribution in [-0.4, -0.2) is 4.21 Å². The van der Waals surface area contributed by atoms with Gasteiger partial charge in [-0.3, -0.25) is 0 Å². The summed E-state index contributed by atoms with van der Waals surface area (Å²) in [6.07, 6.45) is 0. The molecule has 0 amide bonds. The average Bonchev–Trinajstić information content (AvgIpc) is 2.75. The lowest BCUT2D eigenvalue weighted by Crippen LogP contribution is -1.94. The SMILES string of the molecule is Cc1cc(C)c2c([S@](=O)c3ccc(Cl)cc3)c(C)oc2c1. The molecular formula is C17H15ClO2S. The average molecular weight is 319 g/mol. The summed E-state index contributed by atoms with van der Waals surface area (Å²) in [5.41, 5.74) is 3.01. The van der Waals surface area contributed by atoms with Crippen LogP contribution in [-0.2, 0) is 10.8 Å². The minimum Gasteiger partial charge on any atom is -0.460 e. The standard InChI is InChI=1S/C17H15ClO2S/c1-10-8-11(2)16-15(9-10)20-12(3)17(16)21(19)14-6-4-13(18)5-7-14/h4-9H,1-3H3/t21-/m1/s1. The van der Waals surface area contributed by atoms with Gasteiger partial charge in [-0.25, -0.2) is 4.21 Å². The Morgan fingerprint density at radius 1 is 1.05 bits per heavy atom. The fourth-order valence-electron chi connectivity index (χ4n) is 2.59. The maximum absolute atomic E-state index is 12.9. The first-order chi connectivity index (χ1) is 9.97. The minimum atomic E-state index is -1.28. The van der Waals surface area contributed by atoms with Gasteiger partial charge < -0.3 is 4.42 Å². The Morgan fingerprint density at radius 2 is 1.71 bits per heavy atom. The number of furan rings is 1. The summed E-state index contributed by atoms with van der Waals surface area (Å²) in [6.45, 7) is 5.91. The quantitative estimate of drug-likeness (QED) is 0.652. The highest BCUT2D eigenvalue weighted by Gasteiger charge is 2.20. The van der Waals surface area contributed by atoms with Crippen molar-refractivity contribution in [2.24, 2.45) is 0 Å². The topological polar surface area (TPSA) is 30.2 Å². The van der Waals surface area contributed by atoms with Crippen LogP contribution in [0, 0.1) is 20.8 Å². The van der Waals surface area contributed by atoms with E-state index in [4.69, 9.17) is 16.0 Å². The van der Waals surface area contributed by atoms with Crippen LogP contribution in [0.15, 0.2) is 50.6 Å². The van der Waals surface area contributed by atoms with Crippen LogP contribution in [0.5, 0.6) is 0 Å². The molecule has 0 saturated carbocycles. The molecule has 108 valence electrons. The van der Waals surface area contributed by atoms with Crippen molar-refractivity contribution in [3.63, 3.8) is 0 Å². The molecular weight excluding hydrogens is 304 g/mol. The van der Waals surface area contributed by atoms with Crippen molar-refractivity contribution in [1.29, 1.82) is 0 Å². The molecule has 2 aromatic carbocycles. The molecule has 3 rings (SSSR count). The highest BCUT2D eigenvalue weighted by atomic mass is 35.5. The van der Waals surface area contributed by atoms with Crippen molar-refractivity contribution < 1.29 is 8.63 Å².